The number of carbonyl (C=O) groups is 1. The minimum absolute atomic E-state index is 0.124. The van der Waals surface area contributed by atoms with E-state index in [0.717, 1.165) is 5.56 Å². The van der Waals surface area contributed by atoms with Gasteiger partial charge in [-0.1, -0.05) is 30.3 Å². The summed E-state index contributed by atoms with van der Waals surface area (Å²) < 4.78 is 5.02. The molecule has 0 aliphatic rings. The van der Waals surface area contributed by atoms with Gasteiger partial charge in [-0.2, -0.15) is 0 Å². The number of aliphatic hydroxyl groups is 1. The van der Waals surface area contributed by atoms with Gasteiger partial charge in [-0.25, -0.2) is 4.79 Å². The highest BCUT2D eigenvalue weighted by Gasteiger charge is 2.10. The van der Waals surface area contributed by atoms with E-state index in [2.05, 4.69) is 10.6 Å². The number of ether oxygens (including phenoxy) is 1. The topological polar surface area (TPSA) is 70.6 Å². The van der Waals surface area contributed by atoms with Gasteiger partial charge in [0.1, 0.15) is 6.61 Å². The molecule has 0 aliphatic heterocycles. The Morgan fingerprint density at radius 1 is 1.41 bits per heavy atom. The zero-order chi connectivity index (χ0) is 12.5. The monoisotopic (exact) mass is 238 g/mol. The van der Waals surface area contributed by atoms with Crippen molar-refractivity contribution in [3.63, 3.8) is 0 Å². The molecular weight excluding hydrogens is 220 g/mol. The van der Waals surface area contributed by atoms with Gasteiger partial charge >= 0.3 is 6.09 Å². The number of alkyl carbamates (subject to hydrolysis) is 1. The summed E-state index contributed by atoms with van der Waals surface area (Å²) in [6, 6.07) is 9.10. The molecule has 5 heteroatoms. The fourth-order valence-electron chi connectivity index (χ4n) is 1.34. The fourth-order valence-corrected chi connectivity index (χ4v) is 1.34. The highest BCUT2D eigenvalue weighted by Crippen LogP contribution is 2.00. The summed E-state index contributed by atoms with van der Waals surface area (Å²) in [6.07, 6.45) is -0.525. The number of nitrogens with one attached hydrogen (secondary N) is 2. The molecule has 1 atom stereocenters. The first kappa shape index (κ1) is 13.5. The molecule has 94 valence electrons. The predicted molar refractivity (Wildman–Crippen MR) is 64.6 cm³/mol. The highest BCUT2D eigenvalue weighted by molar-refractivity contribution is 5.67. The lowest BCUT2D eigenvalue weighted by Gasteiger charge is -2.15. The molecule has 0 heterocycles. The number of hydrogen-bond acceptors (Lipinski definition) is 4. The summed E-state index contributed by atoms with van der Waals surface area (Å²) in [5, 5.41) is 14.4. The molecule has 1 amide bonds. The normalized spacial score (nSPS) is 11.9. The van der Waals surface area contributed by atoms with Crippen molar-refractivity contribution in [1.82, 2.24) is 10.6 Å². The maximum absolute atomic E-state index is 11.4. The van der Waals surface area contributed by atoms with Crippen LogP contribution in [0, 0.1) is 0 Å². The molecule has 3 N–H and O–H groups in total. The average Bonchev–Trinajstić information content (AvgIpc) is 2.37. The fraction of sp³-hybridized carbons (Fsp3) is 0.417. The lowest BCUT2D eigenvalue weighted by molar-refractivity contribution is 0.129. The Kier molecular flexibility index (Phi) is 6.06. The van der Waals surface area contributed by atoms with Crippen molar-refractivity contribution in [3.8, 4) is 0 Å². The number of benzene rings is 1. The molecular formula is C12H18N2O3. The van der Waals surface area contributed by atoms with E-state index < -0.39 is 6.09 Å². The van der Waals surface area contributed by atoms with Gasteiger partial charge in [-0.3, -0.25) is 0 Å². The molecule has 0 fully saturated rings. The quantitative estimate of drug-likeness (QED) is 0.674. The van der Waals surface area contributed by atoms with Crippen LogP contribution >= 0.6 is 0 Å². The number of likely N-dealkylation sites (N-methyl/N-ethyl adjacent to an activating group) is 1. The smallest absolute Gasteiger partial charge is 0.407 e. The van der Waals surface area contributed by atoms with Crippen molar-refractivity contribution in [2.45, 2.75) is 12.6 Å². The first-order chi connectivity index (χ1) is 8.26. The van der Waals surface area contributed by atoms with Crippen molar-refractivity contribution in [3.05, 3.63) is 35.9 Å². The molecule has 17 heavy (non-hydrogen) atoms. The lowest BCUT2D eigenvalue weighted by atomic mass is 10.2. The zero-order valence-electron chi connectivity index (χ0n) is 9.85. The Hall–Kier alpha value is -1.59. The van der Waals surface area contributed by atoms with E-state index >= 15 is 0 Å². The van der Waals surface area contributed by atoms with Gasteiger partial charge in [0.2, 0.25) is 0 Å². The summed E-state index contributed by atoms with van der Waals surface area (Å²) in [5.74, 6) is 0. The van der Waals surface area contributed by atoms with Crippen molar-refractivity contribution in [1.29, 1.82) is 0 Å². The van der Waals surface area contributed by atoms with Crippen LogP contribution < -0.4 is 10.6 Å². The van der Waals surface area contributed by atoms with Crippen LogP contribution in [0.4, 0.5) is 4.79 Å². The van der Waals surface area contributed by atoms with E-state index in [-0.39, 0.29) is 19.3 Å². The van der Waals surface area contributed by atoms with E-state index in [9.17, 15) is 4.79 Å². The first-order valence-electron chi connectivity index (χ1n) is 5.49. The van der Waals surface area contributed by atoms with Gasteiger partial charge in [-0.05, 0) is 12.6 Å². The summed E-state index contributed by atoms with van der Waals surface area (Å²) in [5.41, 5.74) is 0.928. The van der Waals surface area contributed by atoms with Crippen LogP contribution in [0.25, 0.3) is 0 Å². The van der Waals surface area contributed by atoms with Crippen molar-refractivity contribution >= 4 is 6.09 Å². The van der Waals surface area contributed by atoms with E-state index in [1.54, 1.807) is 7.05 Å². The number of amides is 1. The van der Waals surface area contributed by atoms with E-state index in [4.69, 9.17) is 9.84 Å². The Morgan fingerprint density at radius 2 is 2.12 bits per heavy atom. The van der Waals surface area contributed by atoms with Crippen LogP contribution in [0.15, 0.2) is 30.3 Å². The van der Waals surface area contributed by atoms with Gasteiger partial charge < -0.3 is 20.5 Å². The molecule has 1 aromatic carbocycles. The van der Waals surface area contributed by atoms with E-state index in [1.165, 1.54) is 0 Å². The summed E-state index contributed by atoms with van der Waals surface area (Å²) in [4.78, 5) is 11.4. The van der Waals surface area contributed by atoms with Crippen LogP contribution in [0.2, 0.25) is 0 Å². The van der Waals surface area contributed by atoms with Crippen molar-refractivity contribution < 1.29 is 14.6 Å². The Morgan fingerprint density at radius 3 is 2.71 bits per heavy atom. The second kappa shape index (κ2) is 7.65. The number of hydrogen-bond donors (Lipinski definition) is 3. The molecule has 0 saturated carbocycles. The third kappa shape index (κ3) is 5.33. The van der Waals surface area contributed by atoms with Gasteiger partial charge in [0.05, 0.1) is 12.6 Å². The van der Waals surface area contributed by atoms with Gasteiger partial charge in [0, 0.05) is 6.54 Å². The second-order valence-corrected chi connectivity index (χ2v) is 3.64. The predicted octanol–water partition coefficient (Wildman–Crippen LogP) is 0.493. The van der Waals surface area contributed by atoms with Crippen molar-refractivity contribution in [2.75, 3.05) is 20.2 Å². The van der Waals surface area contributed by atoms with Gasteiger partial charge in [0.15, 0.2) is 0 Å². The molecule has 5 nitrogen and oxygen atoms in total. The lowest BCUT2D eigenvalue weighted by Crippen LogP contribution is -2.43. The Balaban J connectivity index is 2.30. The molecule has 0 saturated heterocycles. The third-order valence-corrected chi connectivity index (χ3v) is 2.21. The average molecular weight is 238 g/mol. The Bertz CT molecular complexity index is 330. The standard InChI is InChI=1S/C12H18N2O3/c1-13-7-11(8-15)14-12(16)17-9-10-5-3-2-4-6-10/h2-6,11,13,15H,7-9H2,1H3,(H,14,16)/t11-/m1/s1. The van der Waals surface area contributed by atoms with Crippen LogP contribution in [-0.2, 0) is 11.3 Å². The van der Waals surface area contributed by atoms with E-state index in [0.29, 0.717) is 6.54 Å². The molecule has 0 unspecified atom stereocenters. The largest absolute Gasteiger partial charge is 0.445 e. The SMILES string of the molecule is CNC[C@H](CO)NC(=O)OCc1ccccc1. The maximum atomic E-state index is 11.4. The minimum Gasteiger partial charge on any atom is -0.445 e. The van der Waals surface area contributed by atoms with Crippen molar-refractivity contribution in [2.24, 2.45) is 0 Å². The minimum atomic E-state index is -0.525. The van der Waals surface area contributed by atoms with Gasteiger partial charge in [-0.15, -0.1) is 0 Å². The molecule has 1 aromatic rings. The van der Waals surface area contributed by atoms with Crippen LogP contribution in [0.3, 0.4) is 0 Å². The number of carbonyl (C=O) groups excluding carboxylic acids is 1. The summed E-state index contributed by atoms with van der Waals surface area (Å²) in [6.45, 7) is 0.600. The first-order valence-corrected chi connectivity index (χ1v) is 5.49. The van der Waals surface area contributed by atoms with Crippen LogP contribution in [0.5, 0.6) is 0 Å². The van der Waals surface area contributed by atoms with Crippen LogP contribution in [-0.4, -0.2) is 37.4 Å². The molecule has 0 aromatic heterocycles. The Labute approximate surface area is 101 Å². The molecule has 0 spiro atoms. The zero-order valence-corrected chi connectivity index (χ0v) is 9.85. The van der Waals surface area contributed by atoms with Gasteiger partial charge in [0.25, 0.3) is 0 Å². The molecule has 0 bridgehead atoms. The maximum Gasteiger partial charge on any atom is 0.407 e. The number of rotatable bonds is 6. The summed E-state index contributed by atoms with van der Waals surface area (Å²) in [7, 11) is 1.75. The van der Waals surface area contributed by atoms with E-state index in [1.807, 2.05) is 30.3 Å². The second-order valence-electron chi connectivity index (χ2n) is 3.64. The summed E-state index contributed by atoms with van der Waals surface area (Å²) >= 11 is 0. The van der Waals surface area contributed by atoms with Crippen LogP contribution in [0.1, 0.15) is 5.56 Å². The highest BCUT2D eigenvalue weighted by atomic mass is 16.5. The molecule has 0 radical (unpaired) electrons. The molecule has 0 aliphatic carbocycles. The molecule has 1 rings (SSSR count). The number of aliphatic hydroxyl groups excluding tert-OH is 1. The third-order valence-electron chi connectivity index (χ3n) is 2.21.